The van der Waals surface area contributed by atoms with Crippen LogP contribution >= 0.6 is 0 Å². The molecule has 1 aromatic heterocycles. The third-order valence-corrected chi connectivity index (χ3v) is 1.99. The molecule has 0 aliphatic rings. The molecule has 0 radical (unpaired) electrons. The molecule has 0 atom stereocenters. The molecule has 1 rings (SSSR count). The van der Waals surface area contributed by atoms with Crippen molar-refractivity contribution in [3.8, 4) is 6.07 Å². The van der Waals surface area contributed by atoms with Gasteiger partial charge in [0.15, 0.2) is 0 Å². The SMILES string of the molecule is N#CCCCCNc1ncccc1[N+](=O)[O-]. The second-order valence-electron chi connectivity index (χ2n) is 3.17. The molecular weight excluding hydrogens is 208 g/mol. The Hall–Kier alpha value is -2.16. The van der Waals surface area contributed by atoms with Crippen LogP contribution in [0.3, 0.4) is 0 Å². The molecule has 0 spiro atoms. The first-order chi connectivity index (χ1) is 7.75. The van der Waals surface area contributed by atoms with E-state index < -0.39 is 4.92 Å². The summed E-state index contributed by atoms with van der Waals surface area (Å²) in [7, 11) is 0. The minimum atomic E-state index is -0.468. The van der Waals surface area contributed by atoms with Gasteiger partial charge in [-0.2, -0.15) is 5.26 Å². The van der Waals surface area contributed by atoms with Crippen LogP contribution in [0.15, 0.2) is 18.3 Å². The molecule has 0 bridgehead atoms. The van der Waals surface area contributed by atoms with Crippen molar-refractivity contribution in [3.63, 3.8) is 0 Å². The van der Waals surface area contributed by atoms with Crippen LogP contribution in [-0.4, -0.2) is 16.5 Å². The molecule has 1 N–H and O–H groups in total. The van der Waals surface area contributed by atoms with Crippen molar-refractivity contribution in [2.24, 2.45) is 0 Å². The highest BCUT2D eigenvalue weighted by atomic mass is 16.6. The van der Waals surface area contributed by atoms with Crippen molar-refractivity contribution in [1.82, 2.24) is 4.98 Å². The molecule has 0 aromatic carbocycles. The van der Waals surface area contributed by atoms with E-state index in [1.807, 2.05) is 6.07 Å². The number of hydrogen-bond acceptors (Lipinski definition) is 5. The fourth-order valence-electron chi connectivity index (χ4n) is 1.22. The number of nitrogens with zero attached hydrogens (tertiary/aromatic N) is 3. The summed E-state index contributed by atoms with van der Waals surface area (Å²) in [6, 6.07) is 4.98. The Morgan fingerprint density at radius 1 is 1.56 bits per heavy atom. The van der Waals surface area contributed by atoms with Gasteiger partial charge in [-0.1, -0.05) is 0 Å². The van der Waals surface area contributed by atoms with Gasteiger partial charge in [0, 0.05) is 25.2 Å². The van der Waals surface area contributed by atoms with Crippen LogP contribution in [0.1, 0.15) is 19.3 Å². The first-order valence-corrected chi connectivity index (χ1v) is 4.96. The zero-order chi connectivity index (χ0) is 11.8. The monoisotopic (exact) mass is 220 g/mol. The molecule has 6 heteroatoms. The van der Waals surface area contributed by atoms with Gasteiger partial charge >= 0.3 is 5.69 Å². The Morgan fingerprint density at radius 2 is 2.38 bits per heavy atom. The molecule has 16 heavy (non-hydrogen) atoms. The van der Waals surface area contributed by atoms with E-state index in [1.54, 1.807) is 0 Å². The van der Waals surface area contributed by atoms with Gasteiger partial charge in [0.25, 0.3) is 0 Å². The molecule has 0 aliphatic heterocycles. The first-order valence-electron chi connectivity index (χ1n) is 4.96. The average Bonchev–Trinajstić information content (AvgIpc) is 2.29. The Labute approximate surface area is 93.1 Å². The van der Waals surface area contributed by atoms with Crippen molar-refractivity contribution in [1.29, 1.82) is 5.26 Å². The van der Waals surface area contributed by atoms with Gasteiger partial charge in [-0.3, -0.25) is 10.1 Å². The summed E-state index contributed by atoms with van der Waals surface area (Å²) in [5.41, 5.74) is -0.0252. The topological polar surface area (TPSA) is 91.8 Å². The Kier molecular flexibility index (Phi) is 4.73. The first kappa shape index (κ1) is 11.9. The lowest BCUT2D eigenvalue weighted by Crippen LogP contribution is -2.05. The number of unbranched alkanes of at least 4 members (excludes halogenated alkanes) is 2. The molecule has 0 fully saturated rings. The van der Waals surface area contributed by atoms with Gasteiger partial charge in [-0.15, -0.1) is 0 Å². The number of nitro groups is 1. The van der Waals surface area contributed by atoms with E-state index in [0.717, 1.165) is 12.8 Å². The van der Waals surface area contributed by atoms with Crippen LogP contribution in [0, 0.1) is 21.4 Å². The van der Waals surface area contributed by atoms with Crippen LogP contribution in [0.2, 0.25) is 0 Å². The molecule has 84 valence electrons. The smallest absolute Gasteiger partial charge is 0.311 e. The number of aromatic nitrogens is 1. The van der Waals surface area contributed by atoms with E-state index in [4.69, 9.17) is 5.26 Å². The number of nitriles is 1. The summed E-state index contributed by atoms with van der Waals surface area (Å²) in [6.45, 7) is 0.583. The Balaban J connectivity index is 2.47. The largest absolute Gasteiger partial charge is 0.364 e. The zero-order valence-corrected chi connectivity index (χ0v) is 8.72. The van der Waals surface area contributed by atoms with Gasteiger partial charge in [0.2, 0.25) is 5.82 Å². The van der Waals surface area contributed by atoms with Crippen molar-refractivity contribution in [2.75, 3.05) is 11.9 Å². The van der Waals surface area contributed by atoms with Gasteiger partial charge in [-0.25, -0.2) is 4.98 Å². The lowest BCUT2D eigenvalue weighted by molar-refractivity contribution is -0.384. The second-order valence-corrected chi connectivity index (χ2v) is 3.17. The fraction of sp³-hybridized carbons (Fsp3) is 0.400. The molecule has 1 heterocycles. The predicted molar refractivity (Wildman–Crippen MR) is 58.8 cm³/mol. The summed E-state index contributed by atoms with van der Waals surface area (Å²) < 4.78 is 0. The van der Waals surface area contributed by atoms with E-state index in [2.05, 4.69) is 10.3 Å². The maximum Gasteiger partial charge on any atom is 0.311 e. The van der Waals surface area contributed by atoms with Crippen LogP contribution in [0.5, 0.6) is 0 Å². The van der Waals surface area contributed by atoms with Crippen molar-refractivity contribution in [2.45, 2.75) is 19.3 Å². The van der Waals surface area contributed by atoms with Gasteiger partial charge in [0.1, 0.15) is 0 Å². The fourth-order valence-corrected chi connectivity index (χ4v) is 1.22. The molecule has 0 aliphatic carbocycles. The van der Waals surface area contributed by atoms with Gasteiger partial charge in [0.05, 0.1) is 11.0 Å². The zero-order valence-electron chi connectivity index (χ0n) is 8.72. The Bertz CT molecular complexity index is 400. The van der Waals surface area contributed by atoms with E-state index in [9.17, 15) is 10.1 Å². The van der Waals surface area contributed by atoms with E-state index in [1.165, 1.54) is 18.3 Å². The highest BCUT2D eigenvalue weighted by Gasteiger charge is 2.12. The van der Waals surface area contributed by atoms with E-state index in [0.29, 0.717) is 13.0 Å². The third kappa shape index (κ3) is 3.53. The molecule has 1 aromatic rings. The minimum absolute atomic E-state index is 0.0252. The lowest BCUT2D eigenvalue weighted by atomic mass is 10.2. The average molecular weight is 220 g/mol. The third-order valence-electron chi connectivity index (χ3n) is 1.99. The van der Waals surface area contributed by atoms with E-state index in [-0.39, 0.29) is 11.5 Å². The summed E-state index contributed by atoms with van der Waals surface area (Å²) in [6.07, 6.45) is 3.59. The van der Waals surface area contributed by atoms with Gasteiger partial charge < -0.3 is 5.32 Å². The van der Waals surface area contributed by atoms with Crippen molar-refractivity contribution < 1.29 is 4.92 Å². The van der Waals surface area contributed by atoms with Crippen molar-refractivity contribution >= 4 is 11.5 Å². The number of nitrogens with one attached hydrogen (secondary N) is 1. The van der Waals surface area contributed by atoms with Gasteiger partial charge in [-0.05, 0) is 18.9 Å². The molecule has 0 unspecified atom stereocenters. The lowest BCUT2D eigenvalue weighted by Gasteiger charge is -2.04. The molecule has 0 saturated carbocycles. The van der Waals surface area contributed by atoms with Crippen molar-refractivity contribution in [3.05, 3.63) is 28.4 Å². The van der Waals surface area contributed by atoms with Crippen LogP contribution in [0.25, 0.3) is 0 Å². The van der Waals surface area contributed by atoms with E-state index >= 15 is 0 Å². The molecule has 0 saturated heterocycles. The highest BCUT2D eigenvalue weighted by molar-refractivity contribution is 5.54. The standard InChI is InChI=1S/C10H12N4O2/c11-6-2-1-3-7-12-10-9(14(15)16)5-4-8-13-10/h4-5,8H,1-3,7H2,(H,12,13). The molecular formula is C10H12N4O2. The Morgan fingerprint density at radius 3 is 3.06 bits per heavy atom. The van der Waals surface area contributed by atoms with Crippen LogP contribution in [0.4, 0.5) is 11.5 Å². The molecule has 0 amide bonds. The number of hydrogen-bond donors (Lipinski definition) is 1. The maximum absolute atomic E-state index is 10.6. The minimum Gasteiger partial charge on any atom is -0.364 e. The number of pyridine rings is 1. The normalized spacial score (nSPS) is 9.44. The van der Waals surface area contributed by atoms with Crippen LogP contribution < -0.4 is 5.32 Å². The van der Waals surface area contributed by atoms with Crippen LogP contribution in [-0.2, 0) is 0 Å². The summed E-state index contributed by atoms with van der Waals surface area (Å²) in [4.78, 5) is 14.1. The number of rotatable bonds is 6. The second kappa shape index (κ2) is 6.35. The molecule has 6 nitrogen and oxygen atoms in total. The summed E-state index contributed by atoms with van der Waals surface area (Å²) in [5.74, 6) is 0.282. The quantitative estimate of drug-likeness (QED) is 0.450. The summed E-state index contributed by atoms with van der Waals surface area (Å²) >= 11 is 0. The number of anilines is 1. The maximum atomic E-state index is 10.6. The highest BCUT2D eigenvalue weighted by Crippen LogP contribution is 2.19. The predicted octanol–water partition coefficient (Wildman–Crippen LogP) is 2.10. The summed E-state index contributed by atoms with van der Waals surface area (Å²) in [5, 5.41) is 21.9.